The van der Waals surface area contributed by atoms with Gasteiger partial charge < -0.3 is 0 Å². The molecule has 23 heavy (non-hydrogen) atoms. The van der Waals surface area contributed by atoms with Crippen molar-refractivity contribution in [2.24, 2.45) is 0 Å². The fraction of sp³-hybridized carbons (Fsp3) is 0.133. The van der Waals surface area contributed by atoms with Gasteiger partial charge in [-0.2, -0.15) is 0 Å². The molecule has 0 saturated carbocycles. The zero-order valence-electron chi connectivity index (χ0n) is 11.3. The van der Waals surface area contributed by atoms with Gasteiger partial charge in [-0.05, 0) is 0 Å². The van der Waals surface area contributed by atoms with Gasteiger partial charge in [0.25, 0.3) is 0 Å². The molecular weight excluding hydrogens is 431 g/mol. The average molecular weight is 440 g/mol. The molecule has 0 saturated heterocycles. The molecule has 0 amide bonds. The third-order valence-corrected chi connectivity index (χ3v) is 7.66. The van der Waals surface area contributed by atoms with Crippen molar-refractivity contribution in [3.8, 4) is 5.75 Å². The van der Waals surface area contributed by atoms with Crippen molar-refractivity contribution in [2.45, 2.75) is 10.0 Å². The first-order chi connectivity index (χ1) is 10.8. The molecule has 1 aliphatic rings. The number of halogens is 5. The normalized spacial score (nSPS) is 16.0. The average Bonchev–Trinajstić information content (AvgIpc) is 2.86. The molecule has 0 aliphatic carbocycles. The SMILES string of the molecule is O=C1OI(C(F)(F)C(F)(F)Oc2ccccc2)c2ccccc21. The Kier molecular flexibility index (Phi) is 3.95. The van der Waals surface area contributed by atoms with Crippen LogP contribution in [0.5, 0.6) is 5.75 Å². The fourth-order valence-corrected chi connectivity index (χ4v) is 5.92. The zero-order chi connectivity index (χ0) is 16.7. The molecule has 0 unspecified atom stereocenters. The number of carbonyl (C=O) groups excluding carboxylic acids is 1. The molecule has 1 heterocycles. The second-order valence-electron chi connectivity index (χ2n) is 4.52. The van der Waals surface area contributed by atoms with Crippen LogP contribution in [0.3, 0.4) is 0 Å². The molecule has 3 rings (SSSR count). The Labute approximate surface area is 136 Å². The monoisotopic (exact) mass is 440 g/mol. The van der Waals surface area contributed by atoms with Gasteiger partial charge in [0.05, 0.1) is 0 Å². The van der Waals surface area contributed by atoms with E-state index in [1.165, 1.54) is 42.5 Å². The van der Waals surface area contributed by atoms with Crippen LogP contribution in [0.25, 0.3) is 0 Å². The summed E-state index contributed by atoms with van der Waals surface area (Å²) in [6, 6.07) is 11.9. The molecule has 1 aliphatic heterocycles. The van der Waals surface area contributed by atoms with Crippen molar-refractivity contribution >= 4 is 26.2 Å². The Hall–Kier alpha value is -1.84. The zero-order valence-corrected chi connectivity index (χ0v) is 13.5. The number of fused-ring (bicyclic) bond motifs is 1. The number of para-hydroxylation sites is 1. The molecule has 2 aromatic carbocycles. The molecule has 2 aromatic rings. The van der Waals surface area contributed by atoms with Gasteiger partial charge in [0, 0.05) is 0 Å². The first-order valence-corrected chi connectivity index (χ1v) is 9.38. The number of carbonyl (C=O) groups is 1. The van der Waals surface area contributed by atoms with Gasteiger partial charge in [0.1, 0.15) is 0 Å². The summed E-state index contributed by atoms with van der Waals surface area (Å²) in [5.74, 6) is -1.40. The number of ether oxygens (including phenoxy) is 1. The fourth-order valence-electron chi connectivity index (χ4n) is 1.90. The first-order valence-electron chi connectivity index (χ1n) is 6.34. The van der Waals surface area contributed by atoms with Crippen LogP contribution < -0.4 is 4.74 Å². The van der Waals surface area contributed by atoms with Gasteiger partial charge in [-0.3, -0.25) is 0 Å². The molecule has 0 radical (unpaired) electrons. The third-order valence-electron chi connectivity index (χ3n) is 2.96. The second kappa shape index (κ2) is 5.66. The quantitative estimate of drug-likeness (QED) is 0.393. The summed E-state index contributed by atoms with van der Waals surface area (Å²) in [6.45, 7) is 0. The van der Waals surface area contributed by atoms with Gasteiger partial charge in [0.2, 0.25) is 0 Å². The first kappa shape index (κ1) is 16.0. The standard InChI is InChI=1S/C15H9F4IO3/c16-14(17,15(18,19)22-10-6-2-1-3-7-10)20-12-9-5-4-8-11(12)13(21)23-20/h1-9H. The van der Waals surface area contributed by atoms with E-state index >= 15 is 0 Å². The molecule has 0 spiro atoms. The van der Waals surface area contributed by atoms with Gasteiger partial charge in [-0.15, -0.1) is 0 Å². The number of benzene rings is 2. The van der Waals surface area contributed by atoms with E-state index < -0.39 is 42.0 Å². The van der Waals surface area contributed by atoms with Crippen LogP contribution in [0.4, 0.5) is 17.6 Å². The summed E-state index contributed by atoms with van der Waals surface area (Å²) in [5.41, 5.74) is -0.0899. The summed E-state index contributed by atoms with van der Waals surface area (Å²) in [6.07, 6.45) is -4.79. The number of hydrogen-bond donors (Lipinski definition) is 0. The molecule has 0 N–H and O–H groups in total. The maximum absolute atomic E-state index is 14.4. The predicted octanol–water partition coefficient (Wildman–Crippen LogP) is 4.71. The summed E-state index contributed by atoms with van der Waals surface area (Å²) < 4.78 is 60.9. The predicted molar refractivity (Wildman–Crippen MR) is 81.5 cm³/mol. The molecule has 0 bridgehead atoms. The summed E-state index contributed by atoms with van der Waals surface area (Å²) in [7, 11) is 0. The van der Waals surface area contributed by atoms with E-state index in [9.17, 15) is 22.4 Å². The van der Waals surface area contributed by atoms with E-state index in [1.54, 1.807) is 0 Å². The van der Waals surface area contributed by atoms with E-state index in [4.69, 9.17) is 0 Å². The van der Waals surface area contributed by atoms with Crippen LogP contribution in [-0.2, 0) is 3.07 Å². The Balaban J connectivity index is 1.93. The van der Waals surface area contributed by atoms with Crippen LogP contribution in [0.1, 0.15) is 10.4 Å². The molecule has 122 valence electrons. The van der Waals surface area contributed by atoms with Crippen molar-refractivity contribution in [1.82, 2.24) is 0 Å². The van der Waals surface area contributed by atoms with E-state index in [-0.39, 0.29) is 9.13 Å². The molecule has 8 heteroatoms. The van der Waals surface area contributed by atoms with Gasteiger partial charge in [0.15, 0.2) is 0 Å². The van der Waals surface area contributed by atoms with Crippen LogP contribution in [0, 0.1) is 3.57 Å². The maximum atomic E-state index is 14.4. The molecule has 0 aromatic heterocycles. The van der Waals surface area contributed by atoms with E-state index in [2.05, 4.69) is 7.80 Å². The molecule has 3 nitrogen and oxygen atoms in total. The van der Waals surface area contributed by atoms with Crippen molar-refractivity contribution in [3.05, 3.63) is 63.7 Å². The number of hydrogen-bond acceptors (Lipinski definition) is 3. The van der Waals surface area contributed by atoms with Crippen LogP contribution in [-0.4, -0.2) is 16.0 Å². The second-order valence-corrected chi connectivity index (χ2v) is 8.90. The van der Waals surface area contributed by atoms with Crippen molar-refractivity contribution in [2.75, 3.05) is 0 Å². The molecular formula is C15H9F4IO3. The minimum atomic E-state index is -4.79. The number of alkyl halides is 5. The summed E-state index contributed by atoms with van der Waals surface area (Å²) in [5, 5.41) is 0. The molecule has 0 fully saturated rings. The summed E-state index contributed by atoms with van der Waals surface area (Å²) >= 11 is -4.28. The van der Waals surface area contributed by atoms with Crippen LogP contribution >= 0.6 is 20.2 Å². The van der Waals surface area contributed by atoms with E-state index in [0.29, 0.717) is 0 Å². The van der Waals surface area contributed by atoms with Gasteiger partial charge >= 0.3 is 136 Å². The van der Waals surface area contributed by atoms with Gasteiger partial charge in [-0.1, -0.05) is 0 Å². The summed E-state index contributed by atoms with van der Waals surface area (Å²) in [4.78, 5) is 11.6. The van der Waals surface area contributed by atoms with E-state index in [0.717, 1.165) is 12.1 Å². The Morgan fingerprint density at radius 3 is 2.22 bits per heavy atom. The van der Waals surface area contributed by atoms with Crippen molar-refractivity contribution in [3.63, 3.8) is 0 Å². The van der Waals surface area contributed by atoms with Crippen LogP contribution in [0.2, 0.25) is 0 Å². The Morgan fingerprint density at radius 1 is 0.913 bits per heavy atom. The van der Waals surface area contributed by atoms with E-state index in [1.807, 2.05) is 0 Å². The Morgan fingerprint density at radius 2 is 1.52 bits per heavy atom. The van der Waals surface area contributed by atoms with Gasteiger partial charge in [-0.25, -0.2) is 0 Å². The third kappa shape index (κ3) is 2.75. The van der Waals surface area contributed by atoms with Crippen molar-refractivity contribution in [1.29, 1.82) is 0 Å². The number of rotatable bonds is 4. The topological polar surface area (TPSA) is 35.5 Å². The Bertz CT molecular complexity index is 737. The molecule has 0 atom stereocenters. The van der Waals surface area contributed by atoms with Crippen molar-refractivity contribution < 1.29 is 30.2 Å². The van der Waals surface area contributed by atoms with Crippen LogP contribution in [0.15, 0.2) is 54.6 Å². The minimum absolute atomic E-state index is 0.0899.